The van der Waals surface area contributed by atoms with Crippen molar-refractivity contribution < 1.29 is 27.2 Å². The van der Waals surface area contributed by atoms with Crippen LogP contribution >= 0.6 is 22.7 Å². The van der Waals surface area contributed by atoms with E-state index in [1.54, 1.807) is 0 Å². The van der Waals surface area contributed by atoms with Gasteiger partial charge < -0.3 is 0 Å². The van der Waals surface area contributed by atoms with Crippen LogP contribution in [0.4, 0.5) is 27.8 Å². The van der Waals surface area contributed by atoms with Crippen molar-refractivity contribution in [2.45, 2.75) is 0 Å². The first-order valence-electron chi connectivity index (χ1n) is 9.38. The molecule has 170 valence electrons. The summed E-state index contributed by atoms with van der Waals surface area (Å²) in [4.78, 5) is 37.0. The molecule has 5 rings (SSSR count). The Hall–Kier alpha value is -3.97. The summed E-state index contributed by atoms with van der Waals surface area (Å²) in [5, 5.41) is 4.91. The molecule has 0 saturated carbocycles. The van der Waals surface area contributed by atoms with E-state index < -0.39 is 35.1 Å². The predicted octanol–water partition coefficient (Wildman–Crippen LogP) is 5.36. The molecule has 7 nitrogen and oxygen atoms in total. The molecule has 13 heteroatoms. The topological polar surface area (TPSA) is 96.9 Å². The van der Waals surface area contributed by atoms with Crippen molar-refractivity contribution in [1.29, 1.82) is 0 Å². The summed E-state index contributed by atoms with van der Waals surface area (Å²) in [7, 11) is 0. The molecule has 0 atom stereocenters. The highest BCUT2D eigenvalue weighted by molar-refractivity contribution is 7.22. The lowest BCUT2D eigenvalue weighted by Crippen LogP contribution is -2.18. The molecule has 0 aliphatic carbocycles. The number of fused-ring (bicyclic) bond motifs is 2. The number of hydrogen-bond donors (Lipinski definition) is 2. The van der Waals surface area contributed by atoms with Gasteiger partial charge in [-0.1, -0.05) is 28.7 Å². The molecule has 0 aliphatic rings. The average Bonchev–Trinajstić information content (AvgIpc) is 3.37. The molecular weight excluding hydrogens is 494 g/mol. The molecule has 0 aliphatic heterocycles. The summed E-state index contributed by atoms with van der Waals surface area (Å²) in [6.45, 7) is 0. The number of amides is 2. The number of carbonyl (C=O) groups excluding carboxylic acids is 2. The van der Waals surface area contributed by atoms with Crippen LogP contribution in [0.25, 0.3) is 20.4 Å². The minimum absolute atomic E-state index is 0.0184. The summed E-state index contributed by atoms with van der Waals surface area (Å²) >= 11 is 1.74. The van der Waals surface area contributed by atoms with Gasteiger partial charge in [-0.2, -0.15) is 0 Å². The van der Waals surface area contributed by atoms with E-state index in [0.29, 0.717) is 12.1 Å². The Kier molecular flexibility index (Phi) is 5.42. The Balaban J connectivity index is 1.35. The fraction of sp³-hybridized carbons (Fsp3) is 0. The van der Waals surface area contributed by atoms with E-state index in [0.717, 1.165) is 34.8 Å². The highest BCUT2D eigenvalue weighted by Gasteiger charge is 2.18. The molecule has 0 saturated heterocycles. The van der Waals surface area contributed by atoms with Gasteiger partial charge in [-0.15, -0.1) is 0 Å². The minimum Gasteiger partial charge on any atom is -0.296 e. The number of hydrogen-bond acceptors (Lipinski definition) is 7. The molecule has 34 heavy (non-hydrogen) atoms. The van der Waals surface area contributed by atoms with E-state index >= 15 is 0 Å². The Bertz CT molecular complexity index is 1500. The van der Waals surface area contributed by atoms with Crippen LogP contribution in [-0.2, 0) is 0 Å². The van der Waals surface area contributed by atoms with Gasteiger partial charge in [0.15, 0.2) is 21.9 Å². The zero-order valence-electron chi connectivity index (χ0n) is 16.5. The SMILES string of the molecule is O=C(Nc1nc2c(F)cc(F)cc2s1)c1cccc(C(=O)Nc2nc3c(F)cc(F)cc3s2)n1. The fourth-order valence-corrected chi connectivity index (χ4v) is 4.83. The molecule has 2 amide bonds. The lowest BCUT2D eigenvalue weighted by atomic mass is 10.3. The number of thiazole rings is 2. The maximum atomic E-state index is 13.8. The maximum absolute atomic E-state index is 13.8. The Morgan fingerprint density at radius 2 is 1.12 bits per heavy atom. The van der Waals surface area contributed by atoms with Crippen molar-refractivity contribution in [3.8, 4) is 0 Å². The monoisotopic (exact) mass is 503 g/mol. The van der Waals surface area contributed by atoms with Crippen LogP contribution < -0.4 is 10.6 Å². The van der Waals surface area contributed by atoms with Crippen molar-refractivity contribution in [2.24, 2.45) is 0 Å². The van der Waals surface area contributed by atoms with Crippen LogP contribution in [0.1, 0.15) is 21.0 Å². The van der Waals surface area contributed by atoms with Crippen LogP contribution in [0.3, 0.4) is 0 Å². The van der Waals surface area contributed by atoms with Crippen LogP contribution in [0.5, 0.6) is 0 Å². The molecule has 0 fully saturated rings. The number of aromatic nitrogens is 3. The first-order valence-corrected chi connectivity index (χ1v) is 11.0. The number of carbonyl (C=O) groups is 2. The second kappa shape index (κ2) is 8.43. The van der Waals surface area contributed by atoms with Gasteiger partial charge in [0.2, 0.25) is 0 Å². The Morgan fingerprint density at radius 3 is 1.56 bits per heavy atom. The van der Waals surface area contributed by atoms with E-state index in [1.807, 2.05) is 0 Å². The summed E-state index contributed by atoms with van der Waals surface area (Å²) in [5.41, 5.74) is -0.461. The number of rotatable bonds is 4. The van der Waals surface area contributed by atoms with Gasteiger partial charge in [0.25, 0.3) is 11.8 Å². The first-order chi connectivity index (χ1) is 16.3. The number of nitrogens with zero attached hydrogens (tertiary/aromatic N) is 3. The summed E-state index contributed by atoms with van der Waals surface area (Å²) in [5.74, 6) is -4.72. The molecular formula is C21H9F4N5O2S2. The quantitative estimate of drug-likeness (QED) is 0.322. The normalized spacial score (nSPS) is 11.2. The maximum Gasteiger partial charge on any atom is 0.276 e. The average molecular weight is 503 g/mol. The highest BCUT2D eigenvalue weighted by Crippen LogP contribution is 2.30. The second-order valence-electron chi connectivity index (χ2n) is 6.82. The highest BCUT2D eigenvalue weighted by atomic mass is 32.1. The lowest BCUT2D eigenvalue weighted by molar-refractivity contribution is 0.101. The fourth-order valence-electron chi connectivity index (χ4n) is 3.03. The number of benzene rings is 2. The Morgan fingerprint density at radius 1 is 0.676 bits per heavy atom. The van der Waals surface area contributed by atoms with Gasteiger partial charge in [0.1, 0.15) is 34.1 Å². The van der Waals surface area contributed by atoms with Gasteiger partial charge >= 0.3 is 0 Å². The van der Waals surface area contributed by atoms with Gasteiger partial charge in [-0.05, 0) is 24.3 Å². The van der Waals surface area contributed by atoms with Crippen LogP contribution in [0, 0.1) is 23.3 Å². The predicted molar refractivity (Wildman–Crippen MR) is 119 cm³/mol. The van der Waals surface area contributed by atoms with E-state index in [4.69, 9.17) is 0 Å². The largest absolute Gasteiger partial charge is 0.296 e. The smallest absolute Gasteiger partial charge is 0.276 e. The van der Waals surface area contributed by atoms with E-state index in [-0.39, 0.29) is 42.1 Å². The molecule has 0 unspecified atom stereocenters. The lowest BCUT2D eigenvalue weighted by Gasteiger charge is -2.04. The second-order valence-corrected chi connectivity index (χ2v) is 8.88. The van der Waals surface area contributed by atoms with Crippen molar-refractivity contribution in [2.75, 3.05) is 10.6 Å². The van der Waals surface area contributed by atoms with E-state index in [2.05, 4.69) is 25.6 Å². The van der Waals surface area contributed by atoms with Crippen LogP contribution in [-0.4, -0.2) is 26.8 Å². The van der Waals surface area contributed by atoms with E-state index in [9.17, 15) is 27.2 Å². The molecule has 5 aromatic rings. The van der Waals surface area contributed by atoms with Crippen molar-refractivity contribution >= 4 is 65.2 Å². The summed E-state index contributed by atoms with van der Waals surface area (Å²) in [6, 6.07) is 7.67. The van der Waals surface area contributed by atoms with E-state index in [1.165, 1.54) is 18.2 Å². The standard InChI is InChI=1S/C21H9F4N5O2S2/c22-8-4-10(24)16-14(6-8)33-20(27-16)29-18(31)12-2-1-3-13(26-12)19(32)30-21-28-17-11(25)5-9(23)7-15(17)34-21/h1-7H,(H,27,29,31)(H,28,30,32). The zero-order valence-corrected chi connectivity index (χ0v) is 18.2. The molecule has 3 aromatic heterocycles. The molecule has 3 heterocycles. The molecule has 0 spiro atoms. The summed E-state index contributed by atoms with van der Waals surface area (Å²) in [6.07, 6.45) is 0. The number of nitrogens with one attached hydrogen (secondary N) is 2. The van der Waals surface area contributed by atoms with Crippen molar-refractivity contribution in [3.05, 3.63) is 77.1 Å². The van der Waals surface area contributed by atoms with Crippen LogP contribution in [0.15, 0.2) is 42.5 Å². The van der Waals surface area contributed by atoms with Gasteiger partial charge in [-0.25, -0.2) is 32.5 Å². The van der Waals surface area contributed by atoms with Gasteiger partial charge in [0.05, 0.1) is 9.40 Å². The third-order valence-corrected chi connectivity index (χ3v) is 6.32. The van der Waals surface area contributed by atoms with Crippen molar-refractivity contribution in [3.63, 3.8) is 0 Å². The minimum atomic E-state index is -0.860. The van der Waals surface area contributed by atoms with Crippen LogP contribution in [0.2, 0.25) is 0 Å². The third-order valence-electron chi connectivity index (χ3n) is 4.48. The third kappa shape index (κ3) is 4.18. The van der Waals surface area contributed by atoms with Crippen molar-refractivity contribution in [1.82, 2.24) is 15.0 Å². The number of halogens is 4. The molecule has 0 bridgehead atoms. The number of anilines is 2. The van der Waals surface area contributed by atoms with Gasteiger partial charge in [-0.3, -0.25) is 20.2 Å². The summed E-state index contributed by atoms with van der Waals surface area (Å²) < 4.78 is 54.8. The number of pyridine rings is 1. The zero-order chi connectivity index (χ0) is 24.0. The molecule has 0 radical (unpaired) electrons. The molecule has 2 N–H and O–H groups in total. The molecule has 2 aromatic carbocycles. The van der Waals surface area contributed by atoms with Gasteiger partial charge in [0, 0.05) is 12.1 Å². The Labute approximate surface area is 195 Å². The first kappa shape index (κ1) is 21.9.